The highest BCUT2D eigenvalue weighted by atomic mass is 16.5. The molecule has 0 saturated carbocycles. The Kier molecular flexibility index (Phi) is 5.97. The minimum absolute atomic E-state index is 0.0352. The van der Waals surface area contributed by atoms with E-state index in [1.165, 1.54) is 7.05 Å². The third-order valence-corrected chi connectivity index (χ3v) is 3.98. The van der Waals surface area contributed by atoms with Gasteiger partial charge in [0.2, 0.25) is 0 Å². The molecule has 0 bridgehead atoms. The molecule has 1 heterocycles. The third-order valence-electron chi connectivity index (χ3n) is 3.98. The number of likely N-dealkylation sites (N-methyl/N-ethyl adjacent to an activating group) is 1. The van der Waals surface area contributed by atoms with Gasteiger partial charge >= 0.3 is 5.97 Å². The standard InChI is InChI=1S/C20H21N3O3/c1-5-26-20(25)15-7-6-8-18(11-15)23-13(2)9-16(14(23)3)10-17(12-21)19(24)22-4/h6-11H,5H2,1-4H3,(H,22,24)/b17-10-. The van der Waals surface area contributed by atoms with Crippen molar-refractivity contribution in [2.75, 3.05) is 13.7 Å². The quantitative estimate of drug-likeness (QED) is 0.510. The average Bonchev–Trinajstić information content (AvgIpc) is 2.92. The zero-order valence-electron chi connectivity index (χ0n) is 15.3. The molecule has 1 amide bonds. The summed E-state index contributed by atoms with van der Waals surface area (Å²) in [7, 11) is 1.48. The molecule has 0 spiro atoms. The van der Waals surface area contributed by atoms with Crippen molar-refractivity contribution in [2.45, 2.75) is 20.8 Å². The summed E-state index contributed by atoms with van der Waals surface area (Å²) < 4.78 is 7.02. The average molecular weight is 351 g/mol. The van der Waals surface area contributed by atoms with Crippen LogP contribution in [0.1, 0.15) is 34.2 Å². The van der Waals surface area contributed by atoms with Crippen LogP contribution in [-0.4, -0.2) is 30.1 Å². The lowest BCUT2D eigenvalue weighted by atomic mass is 10.1. The molecule has 134 valence electrons. The fourth-order valence-corrected chi connectivity index (χ4v) is 2.76. The molecule has 26 heavy (non-hydrogen) atoms. The number of rotatable bonds is 5. The van der Waals surface area contributed by atoms with Crippen molar-refractivity contribution in [3.05, 3.63) is 58.4 Å². The smallest absolute Gasteiger partial charge is 0.338 e. The Hall–Kier alpha value is -3.33. The summed E-state index contributed by atoms with van der Waals surface area (Å²) in [6, 6.07) is 11.0. The van der Waals surface area contributed by atoms with Crippen molar-refractivity contribution < 1.29 is 14.3 Å². The molecular formula is C20H21N3O3. The van der Waals surface area contributed by atoms with Gasteiger partial charge in [-0.2, -0.15) is 5.26 Å². The number of nitriles is 1. The fourth-order valence-electron chi connectivity index (χ4n) is 2.76. The highest BCUT2D eigenvalue weighted by Gasteiger charge is 2.14. The highest BCUT2D eigenvalue weighted by Crippen LogP contribution is 2.23. The molecule has 0 fully saturated rings. The molecule has 2 rings (SSSR count). The van der Waals surface area contributed by atoms with Crippen LogP contribution >= 0.6 is 0 Å². The first kappa shape index (κ1) is 19.0. The molecule has 0 aliphatic carbocycles. The number of amides is 1. The maximum Gasteiger partial charge on any atom is 0.338 e. The highest BCUT2D eigenvalue weighted by molar-refractivity contribution is 6.01. The van der Waals surface area contributed by atoms with Gasteiger partial charge in [-0.05, 0) is 56.7 Å². The van der Waals surface area contributed by atoms with E-state index >= 15 is 0 Å². The zero-order valence-corrected chi connectivity index (χ0v) is 15.3. The van der Waals surface area contributed by atoms with Gasteiger partial charge in [0.1, 0.15) is 11.6 Å². The number of carbonyl (C=O) groups is 2. The number of ether oxygens (including phenoxy) is 1. The second-order valence-corrected chi connectivity index (χ2v) is 5.68. The number of hydrogen-bond acceptors (Lipinski definition) is 4. The van der Waals surface area contributed by atoms with E-state index in [4.69, 9.17) is 4.74 Å². The van der Waals surface area contributed by atoms with Crippen molar-refractivity contribution in [1.82, 2.24) is 9.88 Å². The Morgan fingerprint density at radius 3 is 2.65 bits per heavy atom. The van der Waals surface area contributed by atoms with E-state index in [-0.39, 0.29) is 11.5 Å². The van der Waals surface area contributed by atoms with Crippen LogP contribution in [-0.2, 0) is 9.53 Å². The van der Waals surface area contributed by atoms with Crippen LogP contribution in [0.4, 0.5) is 0 Å². The zero-order chi connectivity index (χ0) is 19.3. The minimum Gasteiger partial charge on any atom is -0.462 e. The second kappa shape index (κ2) is 8.17. The van der Waals surface area contributed by atoms with Gasteiger partial charge in [-0.15, -0.1) is 0 Å². The molecule has 6 heteroatoms. The van der Waals surface area contributed by atoms with Crippen LogP contribution in [0.3, 0.4) is 0 Å². The summed E-state index contributed by atoms with van der Waals surface area (Å²) >= 11 is 0. The molecule has 1 aromatic heterocycles. The lowest BCUT2D eigenvalue weighted by molar-refractivity contribution is -0.116. The van der Waals surface area contributed by atoms with Gasteiger partial charge in [-0.1, -0.05) is 6.07 Å². The molecule has 0 aliphatic rings. The lowest BCUT2D eigenvalue weighted by Crippen LogP contribution is -2.19. The van der Waals surface area contributed by atoms with Crippen molar-refractivity contribution in [1.29, 1.82) is 5.26 Å². The van der Waals surface area contributed by atoms with E-state index in [1.54, 1.807) is 31.2 Å². The maximum atomic E-state index is 12.0. The van der Waals surface area contributed by atoms with E-state index in [1.807, 2.05) is 36.6 Å². The first-order valence-electron chi connectivity index (χ1n) is 8.23. The molecule has 1 N–H and O–H groups in total. The van der Waals surface area contributed by atoms with Crippen LogP contribution in [0.15, 0.2) is 35.9 Å². The number of aryl methyl sites for hydroxylation is 1. The maximum absolute atomic E-state index is 12.0. The summed E-state index contributed by atoms with van der Waals surface area (Å²) in [5.74, 6) is -0.801. The van der Waals surface area contributed by atoms with Crippen molar-refractivity contribution in [3.63, 3.8) is 0 Å². The largest absolute Gasteiger partial charge is 0.462 e. The van der Waals surface area contributed by atoms with Crippen LogP contribution in [0.2, 0.25) is 0 Å². The van der Waals surface area contributed by atoms with Crippen molar-refractivity contribution in [2.24, 2.45) is 0 Å². The minimum atomic E-state index is -0.429. The Morgan fingerprint density at radius 1 is 1.31 bits per heavy atom. The van der Waals surface area contributed by atoms with Gasteiger partial charge in [0, 0.05) is 24.1 Å². The Balaban J connectivity index is 2.51. The fraction of sp³-hybridized carbons (Fsp3) is 0.250. The number of benzene rings is 1. The Morgan fingerprint density at radius 2 is 2.04 bits per heavy atom. The van der Waals surface area contributed by atoms with Gasteiger partial charge in [-0.25, -0.2) is 4.79 Å². The van der Waals surface area contributed by atoms with Gasteiger partial charge < -0.3 is 14.6 Å². The number of nitrogens with zero attached hydrogens (tertiary/aromatic N) is 2. The number of esters is 1. The molecule has 0 atom stereocenters. The second-order valence-electron chi connectivity index (χ2n) is 5.68. The number of nitrogens with one attached hydrogen (secondary N) is 1. The van der Waals surface area contributed by atoms with Crippen LogP contribution in [0, 0.1) is 25.2 Å². The van der Waals surface area contributed by atoms with Gasteiger partial charge in [0.15, 0.2) is 0 Å². The lowest BCUT2D eigenvalue weighted by Gasteiger charge is -2.11. The molecule has 0 radical (unpaired) electrons. The molecule has 1 aromatic carbocycles. The predicted octanol–water partition coefficient (Wildman–Crippen LogP) is 2.92. The topological polar surface area (TPSA) is 84.1 Å². The summed E-state index contributed by atoms with van der Waals surface area (Å²) in [6.07, 6.45) is 1.56. The van der Waals surface area contributed by atoms with Crippen molar-refractivity contribution in [3.8, 4) is 11.8 Å². The SMILES string of the molecule is CCOC(=O)c1cccc(-n2c(C)cc(/C=C(/C#N)C(=O)NC)c2C)c1. The number of carbonyl (C=O) groups excluding carboxylic acids is 2. The summed E-state index contributed by atoms with van der Waals surface area (Å²) in [6.45, 7) is 5.90. The van der Waals surface area contributed by atoms with E-state index < -0.39 is 5.91 Å². The summed E-state index contributed by atoms with van der Waals surface area (Å²) in [5.41, 5.74) is 3.86. The molecule has 2 aromatic rings. The van der Waals surface area contributed by atoms with E-state index in [0.717, 1.165) is 22.6 Å². The van der Waals surface area contributed by atoms with Crippen molar-refractivity contribution >= 4 is 18.0 Å². The third kappa shape index (κ3) is 3.83. The first-order valence-corrected chi connectivity index (χ1v) is 8.23. The Labute approximate surface area is 152 Å². The summed E-state index contributed by atoms with van der Waals surface area (Å²) in [4.78, 5) is 23.7. The monoisotopic (exact) mass is 351 g/mol. The number of aromatic nitrogens is 1. The van der Waals surface area contributed by atoms with Gasteiger partial charge in [0.05, 0.1) is 12.2 Å². The Bertz CT molecular complexity index is 917. The van der Waals surface area contributed by atoms with E-state index in [2.05, 4.69) is 5.32 Å². The van der Waals surface area contributed by atoms with Crippen LogP contribution < -0.4 is 5.32 Å². The van der Waals surface area contributed by atoms with E-state index in [0.29, 0.717) is 12.2 Å². The molecule has 0 aliphatic heterocycles. The molecule has 0 saturated heterocycles. The first-order chi connectivity index (χ1) is 12.4. The van der Waals surface area contributed by atoms with Gasteiger partial charge in [0.25, 0.3) is 5.91 Å². The van der Waals surface area contributed by atoms with E-state index in [9.17, 15) is 14.9 Å². The molecular weight excluding hydrogens is 330 g/mol. The van der Waals surface area contributed by atoms with Crippen LogP contribution in [0.5, 0.6) is 0 Å². The molecule has 6 nitrogen and oxygen atoms in total. The normalized spacial score (nSPS) is 11.0. The van der Waals surface area contributed by atoms with Gasteiger partial charge in [-0.3, -0.25) is 4.79 Å². The van der Waals surface area contributed by atoms with Crippen LogP contribution in [0.25, 0.3) is 11.8 Å². The summed E-state index contributed by atoms with van der Waals surface area (Å²) in [5, 5.41) is 11.6. The molecule has 0 unspecified atom stereocenters. The number of hydrogen-bond donors (Lipinski definition) is 1. The predicted molar refractivity (Wildman–Crippen MR) is 98.9 cm³/mol.